The maximum Gasteiger partial charge on any atom is 0.255 e. The van der Waals surface area contributed by atoms with Gasteiger partial charge in [0.05, 0.1) is 11.3 Å². The molecule has 5 nitrogen and oxygen atoms in total. The second kappa shape index (κ2) is 6.61. The summed E-state index contributed by atoms with van der Waals surface area (Å²) >= 11 is 0. The van der Waals surface area contributed by atoms with Crippen LogP contribution in [-0.4, -0.2) is 41.0 Å². The van der Waals surface area contributed by atoms with Crippen molar-refractivity contribution in [2.75, 3.05) is 13.1 Å². The molecule has 0 unspecified atom stereocenters. The minimum Gasteiger partial charge on any atom is -0.487 e. The van der Waals surface area contributed by atoms with Crippen LogP contribution in [0.3, 0.4) is 0 Å². The highest BCUT2D eigenvalue weighted by molar-refractivity contribution is 5.97. The molecule has 0 spiro atoms. The van der Waals surface area contributed by atoms with Crippen molar-refractivity contribution in [2.24, 2.45) is 0 Å². The van der Waals surface area contributed by atoms with Gasteiger partial charge in [0.25, 0.3) is 5.91 Å². The van der Waals surface area contributed by atoms with Gasteiger partial charge in [0, 0.05) is 31.9 Å². The number of nitrogens with zero attached hydrogens (tertiary/aromatic N) is 2. The molecule has 1 saturated carbocycles. The van der Waals surface area contributed by atoms with Gasteiger partial charge in [-0.3, -0.25) is 14.7 Å². The standard InChI is InChI=1S/C19H21N3O2/c23-19(21-14-8-9-14)17-6-1-2-7-18(17)24-16-12-22(13-16)11-15-5-3-4-10-20-15/h1-7,10,14,16H,8-9,11-13H2,(H,21,23). The van der Waals surface area contributed by atoms with Gasteiger partial charge in [0.2, 0.25) is 0 Å². The summed E-state index contributed by atoms with van der Waals surface area (Å²) < 4.78 is 6.05. The summed E-state index contributed by atoms with van der Waals surface area (Å²) in [6.45, 7) is 2.55. The lowest BCUT2D eigenvalue weighted by Gasteiger charge is -2.39. The smallest absolute Gasteiger partial charge is 0.255 e. The summed E-state index contributed by atoms with van der Waals surface area (Å²) in [7, 11) is 0. The highest BCUT2D eigenvalue weighted by atomic mass is 16.5. The summed E-state index contributed by atoms with van der Waals surface area (Å²) in [6.07, 6.45) is 4.11. The van der Waals surface area contributed by atoms with Crippen LogP contribution in [0.2, 0.25) is 0 Å². The number of likely N-dealkylation sites (tertiary alicyclic amines) is 1. The van der Waals surface area contributed by atoms with Crippen molar-refractivity contribution in [2.45, 2.75) is 31.5 Å². The van der Waals surface area contributed by atoms with Crippen molar-refractivity contribution >= 4 is 5.91 Å². The number of amides is 1. The summed E-state index contributed by atoms with van der Waals surface area (Å²) in [4.78, 5) is 18.9. The number of hydrogen-bond acceptors (Lipinski definition) is 4. The highest BCUT2D eigenvalue weighted by Crippen LogP contribution is 2.25. The van der Waals surface area contributed by atoms with E-state index < -0.39 is 0 Å². The molecule has 24 heavy (non-hydrogen) atoms. The molecule has 0 bridgehead atoms. The fraction of sp³-hybridized carbons (Fsp3) is 0.368. The Morgan fingerprint density at radius 2 is 1.96 bits per heavy atom. The lowest BCUT2D eigenvalue weighted by molar-refractivity contribution is 0.0133. The van der Waals surface area contributed by atoms with E-state index in [2.05, 4.69) is 15.2 Å². The van der Waals surface area contributed by atoms with Gasteiger partial charge >= 0.3 is 0 Å². The summed E-state index contributed by atoms with van der Waals surface area (Å²) in [5.74, 6) is 0.649. The van der Waals surface area contributed by atoms with Gasteiger partial charge in [-0.1, -0.05) is 18.2 Å². The van der Waals surface area contributed by atoms with Crippen LogP contribution in [0.25, 0.3) is 0 Å². The van der Waals surface area contributed by atoms with Crippen molar-refractivity contribution < 1.29 is 9.53 Å². The van der Waals surface area contributed by atoms with E-state index in [9.17, 15) is 4.79 Å². The van der Waals surface area contributed by atoms with Gasteiger partial charge in [0.1, 0.15) is 11.9 Å². The third kappa shape index (κ3) is 3.57. The minimum atomic E-state index is -0.0298. The molecule has 2 aliphatic rings. The fourth-order valence-corrected chi connectivity index (χ4v) is 2.87. The number of nitrogens with one attached hydrogen (secondary N) is 1. The maximum absolute atomic E-state index is 12.3. The van der Waals surface area contributed by atoms with Crippen LogP contribution in [0.4, 0.5) is 0 Å². The SMILES string of the molecule is O=C(NC1CC1)c1ccccc1OC1CN(Cc2ccccn2)C1. The molecular formula is C19H21N3O2. The van der Waals surface area contributed by atoms with Gasteiger partial charge in [-0.2, -0.15) is 0 Å². The van der Waals surface area contributed by atoms with Gasteiger partial charge < -0.3 is 10.1 Å². The van der Waals surface area contributed by atoms with E-state index >= 15 is 0 Å². The Morgan fingerprint density at radius 1 is 1.17 bits per heavy atom. The first-order valence-corrected chi connectivity index (χ1v) is 8.47. The first kappa shape index (κ1) is 15.1. The third-order valence-corrected chi connectivity index (χ3v) is 4.37. The highest BCUT2D eigenvalue weighted by Gasteiger charge is 2.30. The number of rotatable bonds is 6. The zero-order chi connectivity index (χ0) is 16.4. The zero-order valence-electron chi connectivity index (χ0n) is 13.5. The van der Waals surface area contributed by atoms with E-state index in [1.54, 1.807) is 0 Å². The molecule has 0 atom stereocenters. The van der Waals surface area contributed by atoms with E-state index in [1.165, 1.54) is 0 Å². The quantitative estimate of drug-likeness (QED) is 0.886. The molecule has 2 aromatic rings. The van der Waals surface area contributed by atoms with Crippen molar-refractivity contribution in [1.82, 2.24) is 15.2 Å². The molecule has 5 heteroatoms. The number of carbonyl (C=O) groups excluding carboxylic acids is 1. The number of benzene rings is 1. The molecule has 4 rings (SSSR count). The monoisotopic (exact) mass is 323 g/mol. The fourth-order valence-electron chi connectivity index (χ4n) is 2.87. The van der Waals surface area contributed by atoms with Crippen LogP contribution in [-0.2, 0) is 6.54 Å². The lowest BCUT2D eigenvalue weighted by atomic mass is 10.1. The van der Waals surface area contributed by atoms with Gasteiger partial charge in [0.15, 0.2) is 0 Å². The second-order valence-corrected chi connectivity index (χ2v) is 6.50. The Morgan fingerprint density at radius 3 is 2.71 bits per heavy atom. The molecule has 1 saturated heterocycles. The van der Waals surface area contributed by atoms with Gasteiger partial charge in [-0.05, 0) is 37.1 Å². The van der Waals surface area contributed by atoms with Crippen molar-refractivity contribution in [3.8, 4) is 5.75 Å². The molecule has 1 aromatic heterocycles. The molecule has 2 heterocycles. The topological polar surface area (TPSA) is 54.5 Å². The molecular weight excluding hydrogens is 302 g/mol. The van der Waals surface area contributed by atoms with E-state index in [4.69, 9.17) is 4.74 Å². The van der Waals surface area contributed by atoms with Crippen molar-refractivity contribution in [1.29, 1.82) is 0 Å². The summed E-state index contributed by atoms with van der Waals surface area (Å²) in [6, 6.07) is 13.8. The van der Waals surface area contributed by atoms with Crippen molar-refractivity contribution in [3.05, 3.63) is 59.9 Å². The number of aromatic nitrogens is 1. The van der Waals surface area contributed by atoms with E-state index in [-0.39, 0.29) is 12.0 Å². The van der Waals surface area contributed by atoms with Crippen LogP contribution >= 0.6 is 0 Å². The van der Waals surface area contributed by atoms with Crippen LogP contribution in [0.1, 0.15) is 28.9 Å². The number of carbonyl (C=O) groups is 1. The first-order chi connectivity index (χ1) is 11.8. The predicted molar refractivity (Wildman–Crippen MR) is 90.9 cm³/mol. The molecule has 1 N–H and O–H groups in total. The van der Waals surface area contributed by atoms with E-state index in [0.29, 0.717) is 17.4 Å². The van der Waals surface area contributed by atoms with E-state index in [1.807, 2.05) is 48.7 Å². The number of ether oxygens (including phenoxy) is 1. The van der Waals surface area contributed by atoms with Crippen LogP contribution in [0.15, 0.2) is 48.7 Å². The predicted octanol–water partition coefficient (Wildman–Crippen LogP) is 2.24. The normalized spacial score (nSPS) is 18.0. The Labute approximate surface area is 141 Å². The van der Waals surface area contributed by atoms with Crippen molar-refractivity contribution in [3.63, 3.8) is 0 Å². The largest absolute Gasteiger partial charge is 0.487 e. The molecule has 124 valence electrons. The average Bonchev–Trinajstić information content (AvgIpc) is 3.38. The third-order valence-electron chi connectivity index (χ3n) is 4.37. The number of para-hydroxylation sites is 1. The summed E-state index contributed by atoms with van der Waals surface area (Å²) in [5.41, 5.74) is 1.70. The van der Waals surface area contributed by atoms with E-state index in [0.717, 1.165) is 38.2 Å². The Hall–Kier alpha value is -2.40. The lowest BCUT2D eigenvalue weighted by Crippen LogP contribution is -2.53. The average molecular weight is 323 g/mol. The molecule has 1 aliphatic carbocycles. The molecule has 2 fully saturated rings. The number of hydrogen-bond donors (Lipinski definition) is 1. The van der Waals surface area contributed by atoms with Crippen LogP contribution in [0, 0.1) is 0 Å². The molecule has 0 radical (unpaired) electrons. The maximum atomic E-state index is 12.3. The molecule has 1 aromatic carbocycles. The zero-order valence-corrected chi connectivity index (χ0v) is 13.5. The first-order valence-electron chi connectivity index (χ1n) is 8.47. The second-order valence-electron chi connectivity index (χ2n) is 6.50. The number of pyridine rings is 1. The Kier molecular flexibility index (Phi) is 4.17. The van der Waals surface area contributed by atoms with Gasteiger partial charge in [-0.15, -0.1) is 0 Å². The molecule has 1 amide bonds. The van der Waals surface area contributed by atoms with Crippen LogP contribution < -0.4 is 10.1 Å². The Bertz CT molecular complexity index is 710. The Balaban J connectivity index is 1.33. The summed E-state index contributed by atoms with van der Waals surface area (Å²) in [5, 5.41) is 3.02. The van der Waals surface area contributed by atoms with Gasteiger partial charge in [-0.25, -0.2) is 0 Å². The minimum absolute atomic E-state index is 0.0298. The van der Waals surface area contributed by atoms with Crippen LogP contribution in [0.5, 0.6) is 5.75 Å². The molecule has 1 aliphatic heterocycles.